The Kier molecular flexibility index (Phi) is 3.37. The highest BCUT2D eigenvalue weighted by molar-refractivity contribution is 5.52. The molecule has 2 unspecified atom stereocenters. The van der Waals surface area contributed by atoms with Crippen LogP contribution in [-0.2, 0) is 6.42 Å². The Hall–Kier alpha value is -1.18. The van der Waals surface area contributed by atoms with Gasteiger partial charge in [0.15, 0.2) is 0 Å². The summed E-state index contributed by atoms with van der Waals surface area (Å²) in [6.45, 7) is 4.61. The van der Waals surface area contributed by atoms with Crippen LogP contribution in [0.3, 0.4) is 0 Å². The third kappa shape index (κ3) is 2.01. The number of nitrogens with zero attached hydrogens (tertiary/aromatic N) is 2. The van der Waals surface area contributed by atoms with E-state index in [0.717, 1.165) is 11.6 Å². The molecule has 2 nitrogen and oxygen atoms in total. The molecule has 86 valence electrons. The predicted molar refractivity (Wildman–Crippen MR) is 67.4 cm³/mol. The summed E-state index contributed by atoms with van der Waals surface area (Å²) in [5.41, 5.74) is 3.98. The third-order valence-corrected chi connectivity index (χ3v) is 3.68. The molecule has 0 amide bonds. The number of rotatable bonds is 2. The van der Waals surface area contributed by atoms with Crippen molar-refractivity contribution in [3.8, 4) is 0 Å². The first-order chi connectivity index (χ1) is 7.76. The van der Waals surface area contributed by atoms with Crippen molar-refractivity contribution in [2.75, 3.05) is 7.05 Å². The molecule has 0 saturated carbocycles. The van der Waals surface area contributed by atoms with Crippen molar-refractivity contribution < 1.29 is 0 Å². The lowest BCUT2D eigenvalue weighted by molar-refractivity contribution is 0.405. The molecule has 0 fully saturated rings. The van der Waals surface area contributed by atoms with E-state index in [1.54, 1.807) is 7.05 Å². The van der Waals surface area contributed by atoms with Crippen molar-refractivity contribution in [2.24, 2.45) is 16.1 Å². The number of azo groups is 1. The van der Waals surface area contributed by atoms with Crippen LogP contribution < -0.4 is 0 Å². The SMILES string of the molecule is CCC1Cc2c(N=NC)cccc2C(C)C1. The highest BCUT2D eigenvalue weighted by atomic mass is 15.1. The van der Waals surface area contributed by atoms with Crippen LogP contribution in [0.2, 0.25) is 0 Å². The molecule has 0 spiro atoms. The first kappa shape index (κ1) is 11.3. The Morgan fingerprint density at radius 2 is 2.19 bits per heavy atom. The predicted octanol–water partition coefficient (Wildman–Crippen LogP) is 4.48. The summed E-state index contributed by atoms with van der Waals surface area (Å²) >= 11 is 0. The lowest BCUT2D eigenvalue weighted by atomic mass is 9.76. The van der Waals surface area contributed by atoms with E-state index in [1.807, 2.05) is 0 Å². The van der Waals surface area contributed by atoms with Gasteiger partial charge in [-0.25, -0.2) is 0 Å². The Morgan fingerprint density at radius 3 is 2.88 bits per heavy atom. The molecule has 0 aromatic heterocycles. The summed E-state index contributed by atoms with van der Waals surface area (Å²) in [7, 11) is 1.74. The second-order valence-corrected chi connectivity index (χ2v) is 4.76. The zero-order valence-electron chi connectivity index (χ0n) is 10.4. The van der Waals surface area contributed by atoms with Crippen LogP contribution in [0.4, 0.5) is 5.69 Å². The quantitative estimate of drug-likeness (QED) is 0.651. The van der Waals surface area contributed by atoms with Gasteiger partial charge in [-0.3, -0.25) is 0 Å². The fourth-order valence-electron chi connectivity index (χ4n) is 2.79. The van der Waals surface area contributed by atoms with E-state index in [9.17, 15) is 0 Å². The van der Waals surface area contributed by atoms with E-state index in [4.69, 9.17) is 0 Å². The van der Waals surface area contributed by atoms with Gasteiger partial charge in [0.25, 0.3) is 0 Å². The monoisotopic (exact) mass is 216 g/mol. The summed E-state index contributed by atoms with van der Waals surface area (Å²) in [5.74, 6) is 1.48. The second kappa shape index (κ2) is 4.77. The minimum atomic E-state index is 0.667. The molecule has 2 rings (SSSR count). The molecule has 2 atom stereocenters. The Bertz CT molecular complexity index is 396. The molecule has 0 bridgehead atoms. The maximum absolute atomic E-state index is 4.25. The van der Waals surface area contributed by atoms with Gasteiger partial charge in [-0.15, -0.1) is 0 Å². The summed E-state index contributed by atoms with van der Waals surface area (Å²) < 4.78 is 0. The molecular weight excluding hydrogens is 196 g/mol. The van der Waals surface area contributed by atoms with E-state index in [1.165, 1.54) is 30.4 Å². The first-order valence-corrected chi connectivity index (χ1v) is 6.17. The molecule has 16 heavy (non-hydrogen) atoms. The number of benzene rings is 1. The van der Waals surface area contributed by atoms with Gasteiger partial charge in [0.2, 0.25) is 0 Å². The fourth-order valence-corrected chi connectivity index (χ4v) is 2.79. The van der Waals surface area contributed by atoms with Crippen LogP contribution in [0.1, 0.15) is 43.7 Å². The summed E-state index contributed by atoms with van der Waals surface area (Å²) in [6.07, 6.45) is 3.75. The third-order valence-electron chi connectivity index (χ3n) is 3.68. The summed E-state index contributed by atoms with van der Waals surface area (Å²) in [4.78, 5) is 0. The molecular formula is C14H20N2. The number of fused-ring (bicyclic) bond motifs is 1. The van der Waals surface area contributed by atoms with Crippen molar-refractivity contribution in [1.82, 2.24) is 0 Å². The zero-order valence-corrected chi connectivity index (χ0v) is 10.4. The molecule has 1 aliphatic carbocycles. The topological polar surface area (TPSA) is 24.7 Å². The van der Waals surface area contributed by atoms with Gasteiger partial charge in [-0.05, 0) is 41.9 Å². The molecule has 0 radical (unpaired) electrons. The molecule has 2 heteroatoms. The van der Waals surface area contributed by atoms with Crippen LogP contribution in [-0.4, -0.2) is 7.05 Å². The number of hydrogen-bond acceptors (Lipinski definition) is 2. The van der Waals surface area contributed by atoms with Crippen molar-refractivity contribution in [3.63, 3.8) is 0 Å². The van der Waals surface area contributed by atoms with Crippen LogP contribution in [0.25, 0.3) is 0 Å². The number of hydrogen-bond donors (Lipinski definition) is 0. The van der Waals surface area contributed by atoms with E-state index < -0.39 is 0 Å². The standard InChI is InChI=1S/C14H20N2/c1-4-11-8-10(2)12-6-5-7-14(16-15-3)13(12)9-11/h5-7,10-11H,4,8-9H2,1-3H3. The van der Waals surface area contributed by atoms with Crippen LogP contribution in [0, 0.1) is 5.92 Å². The van der Waals surface area contributed by atoms with Crippen molar-refractivity contribution >= 4 is 5.69 Å². The van der Waals surface area contributed by atoms with Gasteiger partial charge in [-0.1, -0.05) is 32.4 Å². The van der Waals surface area contributed by atoms with E-state index in [-0.39, 0.29) is 0 Å². The van der Waals surface area contributed by atoms with Crippen molar-refractivity contribution in [3.05, 3.63) is 29.3 Å². The summed E-state index contributed by atoms with van der Waals surface area (Å²) in [5, 5.41) is 8.16. The average Bonchev–Trinajstić information content (AvgIpc) is 2.30. The molecule has 1 aliphatic rings. The lowest BCUT2D eigenvalue weighted by Gasteiger charge is -2.29. The zero-order chi connectivity index (χ0) is 11.5. The maximum atomic E-state index is 4.25. The largest absolute Gasteiger partial charge is 0.192 e. The Balaban J connectivity index is 2.43. The highest BCUT2D eigenvalue weighted by Crippen LogP contribution is 2.40. The minimum Gasteiger partial charge on any atom is -0.192 e. The lowest BCUT2D eigenvalue weighted by Crippen LogP contribution is -2.16. The van der Waals surface area contributed by atoms with E-state index >= 15 is 0 Å². The molecule has 0 heterocycles. The summed E-state index contributed by atoms with van der Waals surface area (Å²) in [6, 6.07) is 6.43. The van der Waals surface area contributed by atoms with Crippen LogP contribution >= 0.6 is 0 Å². The minimum absolute atomic E-state index is 0.667. The highest BCUT2D eigenvalue weighted by Gasteiger charge is 2.24. The van der Waals surface area contributed by atoms with Gasteiger partial charge in [0, 0.05) is 7.05 Å². The van der Waals surface area contributed by atoms with Crippen molar-refractivity contribution in [2.45, 2.75) is 39.0 Å². The van der Waals surface area contributed by atoms with Gasteiger partial charge in [0.05, 0.1) is 5.69 Å². The molecule has 1 aromatic rings. The van der Waals surface area contributed by atoms with Gasteiger partial charge < -0.3 is 0 Å². The smallest absolute Gasteiger partial charge is 0.0887 e. The molecule has 0 aliphatic heterocycles. The van der Waals surface area contributed by atoms with Crippen LogP contribution in [0.5, 0.6) is 0 Å². The van der Waals surface area contributed by atoms with E-state index in [2.05, 4.69) is 42.3 Å². The maximum Gasteiger partial charge on any atom is 0.0887 e. The fraction of sp³-hybridized carbons (Fsp3) is 0.571. The van der Waals surface area contributed by atoms with Crippen LogP contribution in [0.15, 0.2) is 28.4 Å². The van der Waals surface area contributed by atoms with Gasteiger partial charge >= 0.3 is 0 Å². The van der Waals surface area contributed by atoms with Gasteiger partial charge in [0.1, 0.15) is 0 Å². The second-order valence-electron chi connectivity index (χ2n) is 4.76. The molecule has 0 N–H and O–H groups in total. The molecule has 0 saturated heterocycles. The van der Waals surface area contributed by atoms with Gasteiger partial charge in [-0.2, -0.15) is 10.2 Å². The average molecular weight is 216 g/mol. The Morgan fingerprint density at radius 1 is 1.38 bits per heavy atom. The van der Waals surface area contributed by atoms with Crippen molar-refractivity contribution in [1.29, 1.82) is 0 Å². The first-order valence-electron chi connectivity index (χ1n) is 6.17. The normalized spacial score (nSPS) is 24.7. The van der Waals surface area contributed by atoms with E-state index in [0.29, 0.717) is 5.92 Å². The molecule has 1 aromatic carbocycles. The Labute approximate surface area is 97.8 Å².